The number of amides is 1. The van der Waals surface area contributed by atoms with E-state index in [0.717, 1.165) is 37.8 Å². The average molecular weight is 350 g/mol. The van der Waals surface area contributed by atoms with Crippen LogP contribution in [-0.4, -0.2) is 29.9 Å². The number of carbonyl (C=O) groups is 1. The lowest BCUT2D eigenvalue weighted by Gasteiger charge is -2.43. The lowest BCUT2D eigenvalue weighted by atomic mass is 9.63. The number of carbonyl (C=O) groups excluding carboxylic acids is 1. The maximum atomic E-state index is 12.9. The molecule has 0 unspecified atom stereocenters. The molecule has 3 nitrogen and oxygen atoms in total. The Hall–Kier alpha value is -0.480. The molecule has 1 saturated heterocycles. The number of hydrogen-bond donors (Lipinski definition) is 1. The van der Waals surface area contributed by atoms with E-state index >= 15 is 0 Å². The van der Waals surface area contributed by atoms with Crippen molar-refractivity contribution in [3.8, 4) is 0 Å². The molecule has 2 fully saturated rings. The van der Waals surface area contributed by atoms with E-state index < -0.39 is 5.41 Å². The van der Waals surface area contributed by atoms with Gasteiger partial charge in [-0.3, -0.25) is 4.79 Å². The quantitative estimate of drug-likeness (QED) is 0.889. The second-order valence-corrected chi connectivity index (χ2v) is 6.68. The zero-order chi connectivity index (χ0) is 14.3. The van der Waals surface area contributed by atoms with E-state index in [0.29, 0.717) is 16.6 Å². The SMILES string of the molecule is Cl.N[C@@H]1CCN(C(=O)C2(c3ccc(Cl)c(Cl)c3)CCC2)C1. The van der Waals surface area contributed by atoms with E-state index in [4.69, 9.17) is 28.9 Å². The van der Waals surface area contributed by atoms with Gasteiger partial charge >= 0.3 is 0 Å². The first kappa shape index (κ1) is 16.9. The minimum atomic E-state index is -0.404. The fourth-order valence-corrected chi connectivity index (χ4v) is 3.52. The van der Waals surface area contributed by atoms with Crippen LogP contribution in [0.15, 0.2) is 18.2 Å². The third-order valence-electron chi connectivity index (χ3n) is 4.60. The van der Waals surface area contributed by atoms with Crippen LogP contribution in [0, 0.1) is 0 Å². The summed E-state index contributed by atoms with van der Waals surface area (Å²) in [6, 6.07) is 5.67. The molecule has 116 valence electrons. The third kappa shape index (κ3) is 2.89. The molecule has 0 bridgehead atoms. The van der Waals surface area contributed by atoms with Crippen molar-refractivity contribution in [1.29, 1.82) is 0 Å². The predicted molar refractivity (Wildman–Crippen MR) is 88.4 cm³/mol. The fraction of sp³-hybridized carbons (Fsp3) is 0.533. The van der Waals surface area contributed by atoms with Crippen molar-refractivity contribution < 1.29 is 4.79 Å². The summed E-state index contributed by atoms with van der Waals surface area (Å²) in [4.78, 5) is 14.8. The molecule has 1 heterocycles. The highest BCUT2D eigenvalue weighted by Gasteiger charge is 2.48. The van der Waals surface area contributed by atoms with E-state index in [1.165, 1.54) is 0 Å². The van der Waals surface area contributed by atoms with Gasteiger partial charge in [-0.15, -0.1) is 12.4 Å². The van der Waals surface area contributed by atoms with Crippen LogP contribution in [0.4, 0.5) is 0 Å². The first-order valence-electron chi connectivity index (χ1n) is 7.03. The van der Waals surface area contributed by atoms with Crippen LogP contribution in [0.1, 0.15) is 31.2 Å². The van der Waals surface area contributed by atoms with Crippen molar-refractivity contribution in [3.05, 3.63) is 33.8 Å². The Morgan fingerprint density at radius 2 is 2.00 bits per heavy atom. The van der Waals surface area contributed by atoms with Gasteiger partial charge in [0.1, 0.15) is 0 Å². The molecule has 1 aliphatic heterocycles. The van der Waals surface area contributed by atoms with E-state index in [2.05, 4.69) is 0 Å². The van der Waals surface area contributed by atoms with E-state index in [1.807, 2.05) is 17.0 Å². The van der Waals surface area contributed by atoms with Crippen LogP contribution in [0.5, 0.6) is 0 Å². The average Bonchev–Trinajstić information content (AvgIpc) is 2.79. The maximum Gasteiger partial charge on any atom is 0.233 e. The second-order valence-electron chi connectivity index (χ2n) is 5.86. The van der Waals surface area contributed by atoms with Gasteiger partial charge in [0.05, 0.1) is 15.5 Å². The molecule has 0 aromatic heterocycles. The smallest absolute Gasteiger partial charge is 0.233 e. The maximum absolute atomic E-state index is 12.9. The van der Waals surface area contributed by atoms with Crippen molar-refractivity contribution in [2.24, 2.45) is 5.73 Å². The summed E-state index contributed by atoms with van der Waals surface area (Å²) in [6.45, 7) is 1.44. The van der Waals surface area contributed by atoms with E-state index in [-0.39, 0.29) is 24.4 Å². The largest absolute Gasteiger partial charge is 0.340 e. The molecule has 2 aliphatic rings. The van der Waals surface area contributed by atoms with Gasteiger partial charge in [-0.25, -0.2) is 0 Å². The predicted octanol–water partition coefficient (Wildman–Crippen LogP) is 3.40. The van der Waals surface area contributed by atoms with Crippen LogP contribution in [-0.2, 0) is 10.2 Å². The molecule has 1 aromatic rings. The summed E-state index contributed by atoms with van der Waals surface area (Å²) in [5, 5.41) is 1.04. The van der Waals surface area contributed by atoms with Gasteiger partial charge in [0.25, 0.3) is 0 Å². The summed E-state index contributed by atoms with van der Waals surface area (Å²) < 4.78 is 0. The summed E-state index contributed by atoms with van der Waals surface area (Å²) in [7, 11) is 0. The molecule has 1 amide bonds. The molecule has 2 N–H and O–H groups in total. The molecule has 0 spiro atoms. The second kappa shape index (κ2) is 6.33. The highest BCUT2D eigenvalue weighted by molar-refractivity contribution is 6.42. The summed E-state index contributed by atoms with van der Waals surface area (Å²) in [5.74, 6) is 0.204. The normalized spacial score (nSPS) is 23.4. The Morgan fingerprint density at radius 1 is 1.29 bits per heavy atom. The van der Waals surface area contributed by atoms with E-state index in [9.17, 15) is 4.79 Å². The number of nitrogens with zero attached hydrogens (tertiary/aromatic N) is 1. The molecule has 3 rings (SSSR count). The number of halogens is 3. The zero-order valence-corrected chi connectivity index (χ0v) is 14.0. The first-order valence-corrected chi connectivity index (χ1v) is 7.79. The van der Waals surface area contributed by atoms with Gasteiger partial charge in [-0.2, -0.15) is 0 Å². The molecule has 1 atom stereocenters. The minimum absolute atomic E-state index is 0. The van der Waals surface area contributed by atoms with Crippen LogP contribution < -0.4 is 5.73 Å². The Kier molecular flexibility index (Phi) is 5.09. The number of nitrogens with two attached hydrogens (primary N) is 1. The minimum Gasteiger partial charge on any atom is -0.340 e. The lowest BCUT2D eigenvalue weighted by Crippen LogP contribution is -2.50. The molecule has 0 radical (unpaired) electrons. The van der Waals surface area contributed by atoms with Crippen LogP contribution >= 0.6 is 35.6 Å². The zero-order valence-electron chi connectivity index (χ0n) is 11.6. The molecular weight excluding hydrogens is 331 g/mol. The molecular formula is C15H19Cl3N2O. The molecule has 21 heavy (non-hydrogen) atoms. The van der Waals surface area contributed by atoms with Crippen LogP contribution in [0.3, 0.4) is 0 Å². The Bertz CT molecular complexity index is 546. The summed E-state index contributed by atoms with van der Waals surface area (Å²) >= 11 is 12.1. The van der Waals surface area contributed by atoms with Crippen molar-refractivity contribution in [2.75, 3.05) is 13.1 Å². The van der Waals surface area contributed by atoms with Gasteiger partial charge in [-0.05, 0) is 37.0 Å². The fourth-order valence-electron chi connectivity index (χ4n) is 3.22. The molecule has 1 aliphatic carbocycles. The number of likely N-dealkylation sites (tertiary alicyclic amines) is 1. The van der Waals surface area contributed by atoms with Crippen molar-refractivity contribution in [2.45, 2.75) is 37.1 Å². The van der Waals surface area contributed by atoms with E-state index in [1.54, 1.807) is 6.07 Å². The molecule has 6 heteroatoms. The van der Waals surface area contributed by atoms with Gasteiger partial charge in [-0.1, -0.05) is 35.7 Å². The monoisotopic (exact) mass is 348 g/mol. The summed E-state index contributed by atoms with van der Waals surface area (Å²) in [6.07, 6.45) is 3.74. The molecule has 1 saturated carbocycles. The number of hydrogen-bond acceptors (Lipinski definition) is 2. The van der Waals surface area contributed by atoms with Crippen LogP contribution in [0.2, 0.25) is 10.0 Å². The molecule has 1 aromatic carbocycles. The third-order valence-corrected chi connectivity index (χ3v) is 5.34. The van der Waals surface area contributed by atoms with Crippen molar-refractivity contribution >= 4 is 41.5 Å². The van der Waals surface area contributed by atoms with Crippen molar-refractivity contribution in [1.82, 2.24) is 4.90 Å². The Labute approximate surface area is 141 Å². The Balaban J connectivity index is 0.00000161. The summed E-state index contributed by atoms with van der Waals surface area (Å²) in [5.41, 5.74) is 6.50. The lowest BCUT2D eigenvalue weighted by molar-refractivity contribution is -0.139. The van der Waals surface area contributed by atoms with Crippen molar-refractivity contribution in [3.63, 3.8) is 0 Å². The highest BCUT2D eigenvalue weighted by atomic mass is 35.5. The van der Waals surface area contributed by atoms with Gasteiger partial charge < -0.3 is 10.6 Å². The van der Waals surface area contributed by atoms with Crippen LogP contribution in [0.25, 0.3) is 0 Å². The topological polar surface area (TPSA) is 46.3 Å². The Morgan fingerprint density at radius 3 is 2.48 bits per heavy atom. The highest BCUT2D eigenvalue weighted by Crippen LogP contribution is 2.46. The van der Waals surface area contributed by atoms with Gasteiger partial charge in [0, 0.05) is 19.1 Å². The number of benzene rings is 1. The van der Waals surface area contributed by atoms with Gasteiger partial charge in [0.15, 0.2) is 0 Å². The standard InChI is InChI=1S/C15H18Cl2N2O.ClH/c16-12-3-2-10(8-13(12)17)15(5-1-6-15)14(20)19-7-4-11(18)9-19;/h2-3,8,11H,1,4-7,9,18H2;1H/t11-;/m1./s1. The number of rotatable bonds is 2. The first-order chi connectivity index (χ1) is 9.53. The van der Waals surface area contributed by atoms with Gasteiger partial charge in [0.2, 0.25) is 5.91 Å².